The Balaban J connectivity index is 1.45. The third-order valence-electron chi connectivity index (χ3n) is 5.34. The molecule has 30 heavy (non-hydrogen) atoms. The molecule has 0 fully saturated rings. The minimum Gasteiger partial charge on any atom is -0.489 e. The molecule has 0 saturated heterocycles. The van der Waals surface area contributed by atoms with E-state index < -0.39 is 0 Å². The molecule has 0 radical (unpaired) electrons. The Bertz CT molecular complexity index is 1130. The van der Waals surface area contributed by atoms with Crippen LogP contribution in [0.4, 0.5) is 0 Å². The summed E-state index contributed by atoms with van der Waals surface area (Å²) in [6.07, 6.45) is 1.73. The van der Waals surface area contributed by atoms with Gasteiger partial charge in [-0.3, -0.25) is 4.98 Å². The van der Waals surface area contributed by atoms with Gasteiger partial charge in [-0.25, -0.2) is 0 Å². The first-order valence-electron chi connectivity index (χ1n) is 9.98. The van der Waals surface area contributed by atoms with E-state index in [0.717, 1.165) is 11.3 Å². The van der Waals surface area contributed by atoms with Crippen LogP contribution in [0.2, 0.25) is 0 Å². The molecule has 152 valence electrons. The summed E-state index contributed by atoms with van der Waals surface area (Å²) in [4.78, 5) is 8.53. The molecule has 5 nitrogen and oxygen atoms in total. The van der Waals surface area contributed by atoms with Gasteiger partial charge in [0.05, 0.1) is 0 Å². The molecule has 2 aromatic heterocycles. The lowest BCUT2D eigenvalue weighted by atomic mass is 9.78. The van der Waals surface area contributed by atoms with E-state index in [1.54, 1.807) is 13.1 Å². The summed E-state index contributed by atoms with van der Waals surface area (Å²) < 4.78 is 11.0. The van der Waals surface area contributed by atoms with Crippen LogP contribution in [0.1, 0.15) is 42.0 Å². The maximum Gasteiger partial charge on any atom is 0.223 e. The van der Waals surface area contributed by atoms with Crippen molar-refractivity contribution in [1.82, 2.24) is 15.1 Å². The molecule has 0 spiro atoms. The van der Waals surface area contributed by atoms with Crippen LogP contribution in [-0.4, -0.2) is 15.1 Å². The number of aryl methyl sites for hydroxylation is 2. The summed E-state index contributed by atoms with van der Waals surface area (Å²) in [5, 5.41) is 3.92. The Kier molecular flexibility index (Phi) is 5.36. The smallest absolute Gasteiger partial charge is 0.223 e. The lowest BCUT2D eigenvalue weighted by Crippen LogP contribution is -2.18. The summed E-state index contributed by atoms with van der Waals surface area (Å²) in [7, 11) is 0. The zero-order chi connectivity index (χ0) is 21.1. The van der Waals surface area contributed by atoms with Crippen LogP contribution in [0.3, 0.4) is 0 Å². The molecular formula is C25H25N3O2. The fraction of sp³-hybridized carbons (Fsp3) is 0.240. The molecule has 5 heteroatoms. The van der Waals surface area contributed by atoms with E-state index in [1.165, 1.54) is 16.7 Å². The molecule has 2 aromatic carbocycles. The van der Waals surface area contributed by atoms with Crippen LogP contribution in [0.15, 0.2) is 71.4 Å². The van der Waals surface area contributed by atoms with E-state index in [0.29, 0.717) is 24.0 Å². The van der Waals surface area contributed by atoms with Gasteiger partial charge in [-0.15, -0.1) is 0 Å². The third kappa shape index (κ3) is 4.25. The first kappa shape index (κ1) is 19.8. The second kappa shape index (κ2) is 8.11. The first-order chi connectivity index (χ1) is 14.4. The molecule has 0 amide bonds. The molecule has 0 bridgehead atoms. The van der Waals surface area contributed by atoms with E-state index in [-0.39, 0.29) is 5.41 Å². The molecular weight excluding hydrogens is 374 g/mol. The molecule has 4 rings (SSSR count). The van der Waals surface area contributed by atoms with Crippen LogP contribution < -0.4 is 4.74 Å². The van der Waals surface area contributed by atoms with Crippen LogP contribution in [0, 0.1) is 13.8 Å². The Labute approximate surface area is 176 Å². The van der Waals surface area contributed by atoms with Gasteiger partial charge in [0.15, 0.2) is 0 Å². The van der Waals surface area contributed by atoms with Crippen LogP contribution in [-0.2, 0) is 12.0 Å². The molecule has 0 unspecified atom stereocenters. The largest absolute Gasteiger partial charge is 0.489 e. The highest BCUT2D eigenvalue weighted by Crippen LogP contribution is 2.32. The minimum atomic E-state index is -0.0744. The maximum absolute atomic E-state index is 5.99. The summed E-state index contributed by atoms with van der Waals surface area (Å²) in [5.74, 6) is 1.83. The van der Waals surface area contributed by atoms with E-state index in [2.05, 4.69) is 72.3 Å². The fourth-order valence-corrected chi connectivity index (χ4v) is 3.36. The van der Waals surface area contributed by atoms with Gasteiger partial charge < -0.3 is 9.26 Å². The van der Waals surface area contributed by atoms with Crippen LogP contribution in [0.5, 0.6) is 5.75 Å². The van der Waals surface area contributed by atoms with Crippen molar-refractivity contribution in [2.75, 3.05) is 0 Å². The van der Waals surface area contributed by atoms with Crippen molar-refractivity contribution in [1.29, 1.82) is 0 Å². The molecule has 0 aliphatic rings. The Morgan fingerprint density at radius 2 is 1.57 bits per heavy atom. The number of hydrogen-bond acceptors (Lipinski definition) is 5. The predicted octanol–water partition coefficient (Wildman–Crippen LogP) is 5.65. The SMILES string of the molecule is Cc1ccc(C(C)(C)c2ccc(OCc3ccnc(-c4noc(C)n4)c3)cc2)cc1. The number of nitrogens with zero attached hydrogens (tertiary/aromatic N) is 3. The van der Waals surface area contributed by atoms with Gasteiger partial charge in [-0.2, -0.15) is 4.98 Å². The molecule has 0 saturated carbocycles. The molecule has 0 atom stereocenters. The summed E-state index contributed by atoms with van der Waals surface area (Å²) in [6.45, 7) is 8.79. The standard InChI is InChI=1S/C25H25N3O2/c1-17-5-7-20(8-6-17)25(3,4)21-9-11-22(12-10-21)29-16-19-13-14-26-23(15-19)24-27-18(2)30-28-24/h5-15H,16H2,1-4H3. The first-order valence-corrected chi connectivity index (χ1v) is 9.98. The normalized spacial score (nSPS) is 11.5. The van der Waals surface area contributed by atoms with Crippen molar-refractivity contribution in [2.24, 2.45) is 0 Å². The Hall–Kier alpha value is -3.47. The van der Waals surface area contributed by atoms with Gasteiger partial charge in [0.2, 0.25) is 11.7 Å². The maximum atomic E-state index is 5.99. The molecule has 2 heterocycles. The molecule has 0 N–H and O–H groups in total. The highest BCUT2D eigenvalue weighted by molar-refractivity contribution is 5.49. The average Bonchev–Trinajstić information content (AvgIpc) is 3.19. The Morgan fingerprint density at radius 3 is 2.20 bits per heavy atom. The van der Waals surface area contributed by atoms with E-state index in [1.807, 2.05) is 24.3 Å². The number of ether oxygens (including phenoxy) is 1. The second-order valence-corrected chi connectivity index (χ2v) is 7.99. The fourth-order valence-electron chi connectivity index (χ4n) is 3.36. The van der Waals surface area contributed by atoms with E-state index in [9.17, 15) is 0 Å². The zero-order valence-corrected chi connectivity index (χ0v) is 17.7. The topological polar surface area (TPSA) is 61.0 Å². The van der Waals surface area contributed by atoms with E-state index in [4.69, 9.17) is 9.26 Å². The van der Waals surface area contributed by atoms with Gasteiger partial charge in [0.25, 0.3) is 0 Å². The van der Waals surface area contributed by atoms with Crippen molar-refractivity contribution < 1.29 is 9.26 Å². The molecule has 0 aliphatic carbocycles. The van der Waals surface area contributed by atoms with E-state index >= 15 is 0 Å². The number of pyridine rings is 1. The molecule has 0 aliphatic heterocycles. The minimum absolute atomic E-state index is 0.0744. The Morgan fingerprint density at radius 1 is 0.900 bits per heavy atom. The van der Waals surface area contributed by atoms with Crippen LogP contribution in [0.25, 0.3) is 11.5 Å². The van der Waals surface area contributed by atoms with Gasteiger partial charge in [0.1, 0.15) is 18.1 Å². The van der Waals surface area contributed by atoms with Crippen molar-refractivity contribution in [3.63, 3.8) is 0 Å². The number of hydrogen-bond donors (Lipinski definition) is 0. The lowest BCUT2D eigenvalue weighted by molar-refractivity contribution is 0.306. The summed E-state index contributed by atoms with van der Waals surface area (Å²) in [5.41, 5.74) is 5.40. The lowest BCUT2D eigenvalue weighted by Gasteiger charge is -2.26. The highest BCUT2D eigenvalue weighted by atomic mass is 16.5. The summed E-state index contributed by atoms with van der Waals surface area (Å²) in [6, 6.07) is 20.9. The van der Waals surface area contributed by atoms with Crippen molar-refractivity contribution in [3.8, 4) is 17.3 Å². The van der Waals surface area contributed by atoms with Crippen molar-refractivity contribution in [3.05, 3.63) is 95.0 Å². The predicted molar refractivity (Wildman–Crippen MR) is 116 cm³/mol. The average molecular weight is 399 g/mol. The number of benzene rings is 2. The third-order valence-corrected chi connectivity index (χ3v) is 5.34. The van der Waals surface area contributed by atoms with Crippen LogP contribution >= 0.6 is 0 Å². The zero-order valence-electron chi connectivity index (χ0n) is 17.7. The van der Waals surface area contributed by atoms with Crippen molar-refractivity contribution in [2.45, 2.75) is 39.7 Å². The quantitative estimate of drug-likeness (QED) is 0.419. The highest BCUT2D eigenvalue weighted by Gasteiger charge is 2.22. The van der Waals surface area contributed by atoms with Gasteiger partial charge in [-0.1, -0.05) is 61.0 Å². The van der Waals surface area contributed by atoms with Gasteiger partial charge in [-0.05, 0) is 47.9 Å². The number of aromatic nitrogens is 3. The summed E-state index contributed by atoms with van der Waals surface area (Å²) >= 11 is 0. The number of rotatable bonds is 6. The van der Waals surface area contributed by atoms with Gasteiger partial charge in [0, 0.05) is 18.5 Å². The van der Waals surface area contributed by atoms with Gasteiger partial charge >= 0.3 is 0 Å². The second-order valence-electron chi connectivity index (χ2n) is 7.99. The molecule has 4 aromatic rings. The monoisotopic (exact) mass is 399 g/mol. The van der Waals surface area contributed by atoms with Crippen molar-refractivity contribution >= 4 is 0 Å².